The molecule has 0 aromatic carbocycles. The predicted molar refractivity (Wildman–Crippen MR) is 77.7 cm³/mol. The van der Waals surface area contributed by atoms with E-state index >= 15 is 0 Å². The minimum absolute atomic E-state index is 0.127. The summed E-state index contributed by atoms with van der Waals surface area (Å²) in [5.74, 6) is 0.797. The number of aryl methyl sites for hydroxylation is 2. The molecule has 1 aromatic heterocycles. The van der Waals surface area contributed by atoms with Gasteiger partial charge in [0.2, 0.25) is 0 Å². The van der Waals surface area contributed by atoms with E-state index in [-0.39, 0.29) is 5.91 Å². The quantitative estimate of drug-likeness (QED) is 0.793. The third-order valence-corrected chi connectivity index (χ3v) is 4.03. The topological polar surface area (TPSA) is 33.2 Å². The highest BCUT2D eigenvalue weighted by Crippen LogP contribution is 2.24. The fourth-order valence-corrected chi connectivity index (χ4v) is 2.94. The molecule has 1 aliphatic heterocycles. The Bertz CT molecular complexity index is 461. The number of alkyl halides is 1. The van der Waals surface area contributed by atoms with Crippen molar-refractivity contribution >= 4 is 17.5 Å². The molecule has 4 heteroatoms. The molecule has 0 saturated carbocycles. The Balaban J connectivity index is 2.13. The van der Waals surface area contributed by atoms with Crippen molar-refractivity contribution in [2.24, 2.45) is 0 Å². The molecular weight excluding hydrogens is 260 g/mol. The summed E-state index contributed by atoms with van der Waals surface area (Å²) in [6.07, 6.45) is 4.17. The molecule has 2 heterocycles. The molecule has 2 rings (SSSR count). The molecule has 104 valence electrons. The van der Waals surface area contributed by atoms with Gasteiger partial charge in [-0.1, -0.05) is 0 Å². The van der Waals surface area contributed by atoms with Crippen LogP contribution < -0.4 is 0 Å². The van der Waals surface area contributed by atoms with Crippen LogP contribution in [-0.2, 0) is 0 Å². The zero-order valence-corrected chi connectivity index (χ0v) is 12.4. The molecule has 0 bridgehead atoms. The Morgan fingerprint density at radius 1 is 1.47 bits per heavy atom. The van der Waals surface area contributed by atoms with Crippen LogP contribution >= 0.6 is 11.6 Å². The zero-order valence-electron chi connectivity index (χ0n) is 11.7. The summed E-state index contributed by atoms with van der Waals surface area (Å²) in [5.41, 5.74) is 2.52. The van der Waals surface area contributed by atoms with Crippen molar-refractivity contribution < 1.29 is 4.79 Å². The van der Waals surface area contributed by atoms with E-state index in [1.54, 1.807) is 0 Å². The fraction of sp³-hybridized carbons (Fsp3) is 0.600. The van der Waals surface area contributed by atoms with Crippen molar-refractivity contribution in [1.82, 2.24) is 9.88 Å². The number of likely N-dealkylation sites (tertiary alicyclic amines) is 1. The second-order valence-electron chi connectivity index (χ2n) is 5.21. The van der Waals surface area contributed by atoms with Crippen LogP contribution in [0.4, 0.5) is 0 Å². The predicted octanol–water partition coefficient (Wildman–Crippen LogP) is 3.32. The Morgan fingerprint density at radius 2 is 2.26 bits per heavy atom. The smallest absolute Gasteiger partial charge is 0.255 e. The summed E-state index contributed by atoms with van der Waals surface area (Å²) in [6, 6.07) is 4.16. The lowest BCUT2D eigenvalue weighted by molar-refractivity contribution is 0.0729. The molecule has 1 amide bonds. The molecule has 3 nitrogen and oxygen atoms in total. The summed E-state index contributed by atoms with van der Waals surface area (Å²) >= 11 is 5.75. The SMILES string of the molecule is Cc1ccc(C(=O)N2CCCC2CCCCl)c(C)n1. The van der Waals surface area contributed by atoms with E-state index in [4.69, 9.17) is 11.6 Å². The van der Waals surface area contributed by atoms with E-state index in [9.17, 15) is 4.79 Å². The maximum atomic E-state index is 12.6. The van der Waals surface area contributed by atoms with E-state index in [0.717, 1.165) is 49.2 Å². The summed E-state index contributed by atoms with van der Waals surface area (Å²) in [4.78, 5) is 19.0. The van der Waals surface area contributed by atoms with Crippen molar-refractivity contribution in [3.8, 4) is 0 Å². The summed E-state index contributed by atoms with van der Waals surface area (Å²) in [7, 11) is 0. The molecule has 0 aliphatic carbocycles. The average molecular weight is 281 g/mol. The first-order chi connectivity index (χ1) is 9.13. The van der Waals surface area contributed by atoms with Gasteiger partial charge in [0.05, 0.1) is 11.3 Å². The van der Waals surface area contributed by atoms with E-state index in [1.165, 1.54) is 0 Å². The van der Waals surface area contributed by atoms with Crippen LogP contribution in [-0.4, -0.2) is 34.3 Å². The van der Waals surface area contributed by atoms with Crippen LogP contribution in [0.2, 0.25) is 0 Å². The Kier molecular flexibility index (Phi) is 4.81. The first kappa shape index (κ1) is 14.3. The largest absolute Gasteiger partial charge is 0.336 e. The molecule has 1 atom stereocenters. The van der Waals surface area contributed by atoms with Crippen LogP contribution in [0.25, 0.3) is 0 Å². The van der Waals surface area contributed by atoms with Crippen LogP contribution in [0, 0.1) is 13.8 Å². The molecule has 1 saturated heterocycles. The molecule has 19 heavy (non-hydrogen) atoms. The maximum Gasteiger partial charge on any atom is 0.255 e. The maximum absolute atomic E-state index is 12.6. The summed E-state index contributed by atoms with van der Waals surface area (Å²) < 4.78 is 0. The molecule has 1 unspecified atom stereocenters. The van der Waals surface area contributed by atoms with Crippen LogP contribution in [0.1, 0.15) is 47.4 Å². The molecule has 0 radical (unpaired) electrons. The van der Waals surface area contributed by atoms with Gasteiger partial charge in [0, 0.05) is 24.2 Å². The van der Waals surface area contributed by atoms with Crippen LogP contribution in [0.3, 0.4) is 0 Å². The van der Waals surface area contributed by atoms with Gasteiger partial charge in [0.1, 0.15) is 0 Å². The van der Waals surface area contributed by atoms with Gasteiger partial charge < -0.3 is 4.90 Å². The van der Waals surface area contributed by atoms with Crippen molar-refractivity contribution in [3.05, 3.63) is 29.1 Å². The highest BCUT2D eigenvalue weighted by molar-refractivity contribution is 6.17. The number of carbonyl (C=O) groups excluding carboxylic acids is 1. The highest BCUT2D eigenvalue weighted by Gasteiger charge is 2.29. The zero-order chi connectivity index (χ0) is 13.8. The number of halogens is 1. The summed E-state index contributed by atoms with van der Waals surface area (Å²) in [6.45, 7) is 4.71. The first-order valence-electron chi connectivity index (χ1n) is 6.94. The lowest BCUT2D eigenvalue weighted by Crippen LogP contribution is -2.36. The van der Waals surface area contributed by atoms with Crippen molar-refractivity contribution in [1.29, 1.82) is 0 Å². The van der Waals surface area contributed by atoms with Gasteiger partial charge in [-0.2, -0.15) is 0 Å². The van der Waals surface area contributed by atoms with Gasteiger partial charge in [-0.3, -0.25) is 9.78 Å². The number of hydrogen-bond acceptors (Lipinski definition) is 2. The second-order valence-corrected chi connectivity index (χ2v) is 5.59. The Morgan fingerprint density at radius 3 is 2.95 bits per heavy atom. The van der Waals surface area contributed by atoms with Gasteiger partial charge in [-0.15, -0.1) is 11.6 Å². The number of carbonyl (C=O) groups is 1. The van der Waals surface area contributed by atoms with Crippen molar-refractivity contribution in [2.45, 2.75) is 45.6 Å². The monoisotopic (exact) mass is 280 g/mol. The van der Waals surface area contributed by atoms with E-state index < -0.39 is 0 Å². The van der Waals surface area contributed by atoms with Gasteiger partial charge >= 0.3 is 0 Å². The normalized spacial score (nSPS) is 18.9. The average Bonchev–Trinajstić information content (AvgIpc) is 2.83. The first-order valence-corrected chi connectivity index (χ1v) is 7.48. The number of nitrogens with zero attached hydrogens (tertiary/aromatic N) is 2. The standard InChI is InChI=1S/C15H21ClN2O/c1-11-7-8-14(12(2)17-11)15(19)18-10-4-6-13(18)5-3-9-16/h7-8,13H,3-6,9-10H2,1-2H3. The van der Waals surface area contributed by atoms with Crippen LogP contribution in [0.5, 0.6) is 0 Å². The number of aromatic nitrogens is 1. The van der Waals surface area contributed by atoms with E-state index in [1.807, 2.05) is 30.9 Å². The lowest BCUT2D eigenvalue weighted by Gasteiger charge is -2.25. The highest BCUT2D eigenvalue weighted by atomic mass is 35.5. The lowest BCUT2D eigenvalue weighted by atomic mass is 10.1. The van der Waals surface area contributed by atoms with Crippen molar-refractivity contribution in [2.75, 3.05) is 12.4 Å². The minimum atomic E-state index is 0.127. The minimum Gasteiger partial charge on any atom is -0.336 e. The number of hydrogen-bond donors (Lipinski definition) is 0. The Hall–Kier alpha value is -1.09. The molecule has 0 N–H and O–H groups in total. The molecule has 1 fully saturated rings. The fourth-order valence-electron chi connectivity index (χ4n) is 2.78. The molecule has 0 spiro atoms. The van der Waals surface area contributed by atoms with E-state index in [2.05, 4.69) is 4.98 Å². The molecule has 1 aromatic rings. The van der Waals surface area contributed by atoms with Gasteiger partial charge in [-0.05, 0) is 51.7 Å². The third kappa shape index (κ3) is 3.27. The number of amides is 1. The van der Waals surface area contributed by atoms with Crippen LogP contribution in [0.15, 0.2) is 12.1 Å². The Labute approximate surface area is 120 Å². The number of pyridine rings is 1. The van der Waals surface area contributed by atoms with E-state index in [0.29, 0.717) is 11.9 Å². The molecular formula is C15H21ClN2O. The van der Waals surface area contributed by atoms with Gasteiger partial charge in [0.25, 0.3) is 5.91 Å². The second kappa shape index (κ2) is 6.38. The number of rotatable bonds is 4. The van der Waals surface area contributed by atoms with Crippen molar-refractivity contribution in [3.63, 3.8) is 0 Å². The molecule has 1 aliphatic rings. The summed E-state index contributed by atoms with van der Waals surface area (Å²) in [5, 5.41) is 0. The third-order valence-electron chi connectivity index (χ3n) is 3.76. The van der Waals surface area contributed by atoms with Gasteiger partial charge in [0.15, 0.2) is 0 Å². The van der Waals surface area contributed by atoms with Gasteiger partial charge in [-0.25, -0.2) is 0 Å².